The summed E-state index contributed by atoms with van der Waals surface area (Å²) in [7, 11) is 0. The molecule has 0 spiro atoms. The van der Waals surface area contributed by atoms with Crippen molar-refractivity contribution in [3.05, 3.63) is 41.3 Å². The zero-order chi connectivity index (χ0) is 10.1. The van der Waals surface area contributed by atoms with E-state index in [-0.39, 0.29) is 4.88 Å². The minimum atomic E-state index is -2.27. The molecule has 0 aliphatic rings. The van der Waals surface area contributed by atoms with Crippen molar-refractivity contribution < 1.29 is 13.2 Å². The second-order valence-corrected chi connectivity index (χ2v) is 3.81. The number of benzene rings is 1. The average molecular weight is 214 g/mol. The molecule has 1 heterocycles. The molecule has 2 aromatic rings. The fraction of sp³-hybridized carbons (Fsp3) is 0. The largest absolute Gasteiger partial charge is 0.307 e. The molecule has 0 saturated heterocycles. The Bertz CT molecular complexity index is 462. The maximum Gasteiger partial charge on any atom is 0.307 e. The monoisotopic (exact) mass is 214 g/mol. The van der Waals surface area contributed by atoms with Crippen LogP contribution in [0.25, 0.3) is 15.9 Å². The molecule has 0 saturated carbocycles. The van der Waals surface area contributed by atoms with Crippen molar-refractivity contribution in [2.75, 3.05) is 0 Å². The van der Waals surface area contributed by atoms with Crippen LogP contribution in [0.1, 0.15) is 4.88 Å². The minimum absolute atomic E-state index is 0.0220. The molecule has 0 aliphatic heterocycles. The second-order valence-electron chi connectivity index (χ2n) is 2.72. The zero-order valence-electron chi connectivity index (χ0n) is 6.93. The van der Waals surface area contributed by atoms with Crippen LogP contribution in [-0.2, 0) is 0 Å². The predicted molar refractivity (Wildman–Crippen MR) is 52.1 cm³/mol. The first-order chi connectivity index (χ1) is 6.68. The van der Waals surface area contributed by atoms with E-state index >= 15 is 0 Å². The van der Waals surface area contributed by atoms with Crippen LogP contribution in [0.4, 0.5) is 13.2 Å². The third kappa shape index (κ3) is 1.53. The lowest BCUT2D eigenvalue weighted by molar-refractivity contribution is 0.411. The normalized spacial score (nSPS) is 10.5. The molecule has 0 unspecified atom stereocenters. The van der Waals surface area contributed by atoms with E-state index in [0.29, 0.717) is 0 Å². The Labute approximate surface area is 82.3 Å². The summed E-state index contributed by atoms with van der Waals surface area (Å²) in [5.74, 6) is -1.42. The molecule has 0 radical (unpaired) electrons. The molecule has 4 heteroatoms. The fourth-order valence-corrected chi connectivity index (χ4v) is 2.16. The lowest BCUT2D eigenvalue weighted by atomic mass is 10.2. The molecular weight excluding hydrogens is 209 g/mol. The highest BCUT2D eigenvalue weighted by atomic mass is 32.1. The Morgan fingerprint density at radius 2 is 1.79 bits per heavy atom. The van der Waals surface area contributed by atoms with E-state index in [1.54, 1.807) is 24.3 Å². The number of hydrogen-bond acceptors (Lipinski definition) is 1. The number of fused-ring (bicyclic) bond motifs is 1. The van der Waals surface area contributed by atoms with Crippen LogP contribution in [0, 0.1) is 0 Å². The van der Waals surface area contributed by atoms with Gasteiger partial charge in [0.15, 0.2) is 0 Å². The van der Waals surface area contributed by atoms with Crippen molar-refractivity contribution in [3.63, 3.8) is 0 Å². The fourth-order valence-electron chi connectivity index (χ4n) is 1.18. The summed E-state index contributed by atoms with van der Waals surface area (Å²) in [6.45, 7) is 0. The summed E-state index contributed by atoms with van der Waals surface area (Å²) in [6.07, 6.45) is -2.27. The summed E-state index contributed by atoms with van der Waals surface area (Å²) in [5.41, 5.74) is 0. The SMILES string of the molecule is FC(F)=C(F)c1cc2ccccc2s1. The van der Waals surface area contributed by atoms with Gasteiger partial charge in [0.1, 0.15) is 0 Å². The topological polar surface area (TPSA) is 0 Å². The van der Waals surface area contributed by atoms with Crippen molar-refractivity contribution >= 4 is 27.2 Å². The van der Waals surface area contributed by atoms with Crippen LogP contribution in [0.3, 0.4) is 0 Å². The van der Waals surface area contributed by atoms with Gasteiger partial charge in [-0.25, -0.2) is 0 Å². The van der Waals surface area contributed by atoms with Crippen LogP contribution in [0.2, 0.25) is 0 Å². The summed E-state index contributed by atoms with van der Waals surface area (Å²) >= 11 is 1.02. The highest BCUT2D eigenvalue weighted by molar-refractivity contribution is 7.20. The molecule has 1 aromatic heterocycles. The molecular formula is C10H5F3S. The molecule has 1 aromatic carbocycles. The standard InChI is InChI=1S/C10H5F3S/c11-9(10(12)13)8-5-6-3-1-2-4-7(6)14-8/h1-5H. The van der Waals surface area contributed by atoms with Crippen LogP contribution >= 0.6 is 11.3 Å². The van der Waals surface area contributed by atoms with Crippen molar-refractivity contribution in [2.45, 2.75) is 0 Å². The van der Waals surface area contributed by atoms with Gasteiger partial charge < -0.3 is 0 Å². The molecule has 0 N–H and O–H groups in total. The molecule has 0 atom stereocenters. The molecule has 14 heavy (non-hydrogen) atoms. The van der Waals surface area contributed by atoms with Crippen LogP contribution in [-0.4, -0.2) is 0 Å². The van der Waals surface area contributed by atoms with E-state index in [1.807, 2.05) is 0 Å². The number of thiophene rings is 1. The predicted octanol–water partition coefficient (Wildman–Crippen LogP) is 4.44. The van der Waals surface area contributed by atoms with Gasteiger partial charge >= 0.3 is 6.08 Å². The summed E-state index contributed by atoms with van der Waals surface area (Å²) in [6, 6.07) is 8.53. The van der Waals surface area contributed by atoms with Gasteiger partial charge in [-0.05, 0) is 17.5 Å². The average Bonchev–Trinajstić information content (AvgIpc) is 2.59. The number of hydrogen-bond donors (Lipinski definition) is 0. The van der Waals surface area contributed by atoms with Crippen molar-refractivity contribution in [1.29, 1.82) is 0 Å². The second kappa shape index (κ2) is 3.46. The van der Waals surface area contributed by atoms with E-state index in [4.69, 9.17) is 0 Å². The van der Waals surface area contributed by atoms with Gasteiger partial charge in [0, 0.05) is 4.70 Å². The minimum Gasteiger partial charge on any atom is -0.199 e. The maximum absolute atomic E-state index is 12.8. The molecule has 72 valence electrons. The lowest BCUT2D eigenvalue weighted by Crippen LogP contribution is -1.69. The van der Waals surface area contributed by atoms with Gasteiger partial charge in [0.25, 0.3) is 0 Å². The van der Waals surface area contributed by atoms with Gasteiger partial charge in [-0.15, -0.1) is 11.3 Å². The Hall–Kier alpha value is -1.29. The zero-order valence-corrected chi connectivity index (χ0v) is 7.75. The van der Waals surface area contributed by atoms with Gasteiger partial charge in [-0.3, -0.25) is 0 Å². The molecule has 0 aliphatic carbocycles. The maximum atomic E-state index is 12.8. The van der Waals surface area contributed by atoms with E-state index < -0.39 is 11.9 Å². The molecule has 0 amide bonds. The van der Waals surface area contributed by atoms with E-state index in [9.17, 15) is 13.2 Å². The van der Waals surface area contributed by atoms with E-state index in [2.05, 4.69) is 0 Å². The quantitative estimate of drug-likeness (QED) is 0.658. The van der Waals surface area contributed by atoms with Gasteiger partial charge in [-0.2, -0.15) is 13.2 Å². The molecule has 0 bridgehead atoms. The third-order valence-electron chi connectivity index (χ3n) is 1.81. The molecule has 2 rings (SSSR count). The van der Waals surface area contributed by atoms with E-state index in [0.717, 1.165) is 21.4 Å². The van der Waals surface area contributed by atoms with E-state index in [1.165, 1.54) is 6.07 Å². The van der Waals surface area contributed by atoms with Crippen molar-refractivity contribution in [2.24, 2.45) is 0 Å². The van der Waals surface area contributed by atoms with Gasteiger partial charge in [-0.1, -0.05) is 18.2 Å². The van der Waals surface area contributed by atoms with Crippen LogP contribution < -0.4 is 0 Å². The van der Waals surface area contributed by atoms with Crippen molar-refractivity contribution in [3.8, 4) is 0 Å². The summed E-state index contributed by atoms with van der Waals surface area (Å²) in [5, 5.41) is 0.781. The first-order valence-electron chi connectivity index (χ1n) is 3.88. The highest BCUT2D eigenvalue weighted by Crippen LogP contribution is 2.33. The third-order valence-corrected chi connectivity index (χ3v) is 2.92. The first kappa shape index (κ1) is 9.27. The number of halogens is 3. The lowest BCUT2D eigenvalue weighted by Gasteiger charge is -1.86. The molecule has 0 fully saturated rings. The van der Waals surface area contributed by atoms with Crippen LogP contribution in [0.15, 0.2) is 36.4 Å². The van der Waals surface area contributed by atoms with Crippen molar-refractivity contribution in [1.82, 2.24) is 0 Å². The summed E-state index contributed by atoms with van der Waals surface area (Å²) < 4.78 is 37.5. The number of rotatable bonds is 1. The molecule has 0 nitrogen and oxygen atoms in total. The Kier molecular flexibility index (Phi) is 2.29. The van der Waals surface area contributed by atoms with Gasteiger partial charge in [0.2, 0.25) is 5.83 Å². The highest BCUT2D eigenvalue weighted by Gasteiger charge is 2.11. The smallest absolute Gasteiger partial charge is 0.199 e. The van der Waals surface area contributed by atoms with Crippen LogP contribution in [0.5, 0.6) is 0 Å². The Balaban J connectivity index is 2.61. The first-order valence-corrected chi connectivity index (χ1v) is 4.70. The summed E-state index contributed by atoms with van der Waals surface area (Å²) in [4.78, 5) is -0.0220. The Morgan fingerprint density at radius 1 is 1.07 bits per heavy atom. The Morgan fingerprint density at radius 3 is 2.43 bits per heavy atom. The van der Waals surface area contributed by atoms with Gasteiger partial charge in [0.05, 0.1) is 4.88 Å².